The highest BCUT2D eigenvalue weighted by Crippen LogP contribution is 2.25. The molecule has 2 aromatic rings. The Labute approximate surface area is 102 Å². The maximum Gasteiger partial charge on any atom is 0.337 e. The van der Waals surface area contributed by atoms with Gasteiger partial charge in [-0.25, -0.2) is 9.18 Å². The van der Waals surface area contributed by atoms with Crippen LogP contribution in [0.15, 0.2) is 36.5 Å². The van der Waals surface area contributed by atoms with Crippen molar-refractivity contribution in [3.05, 3.63) is 53.5 Å². The van der Waals surface area contributed by atoms with Gasteiger partial charge in [0, 0.05) is 11.8 Å². The smallest absolute Gasteiger partial charge is 0.337 e. The first-order valence-corrected chi connectivity index (χ1v) is 5.02. The predicted molar refractivity (Wildman–Crippen MR) is 61.3 cm³/mol. The van der Waals surface area contributed by atoms with Gasteiger partial charge in [-0.1, -0.05) is 6.07 Å². The minimum absolute atomic E-state index is 0.00653. The minimum atomic E-state index is -1.19. The van der Waals surface area contributed by atoms with Gasteiger partial charge in [0.25, 0.3) is 0 Å². The molecule has 18 heavy (non-hydrogen) atoms. The molecule has 1 aromatic carbocycles. The Morgan fingerprint density at radius 3 is 2.78 bits per heavy atom. The van der Waals surface area contributed by atoms with E-state index in [2.05, 4.69) is 4.98 Å². The molecule has 0 atom stereocenters. The zero-order chi connectivity index (χ0) is 13.1. The van der Waals surface area contributed by atoms with Crippen molar-refractivity contribution >= 4 is 5.97 Å². The van der Waals surface area contributed by atoms with Gasteiger partial charge in [0.1, 0.15) is 11.9 Å². The number of carboxylic acids is 1. The molecule has 1 aromatic heterocycles. The summed E-state index contributed by atoms with van der Waals surface area (Å²) in [5.74, 6) is -1.96. The number of hydrogen-bond donors (Lipinski definition) is 1. The van der Waals surface area contributed by atoms with E-state index >= 15 is 0 Å². The van der Waals surface area contributed by atoms with Crippen LogP contribution in [0.5, 0.6) is 0 Å². The van der Waals surface area contributed by atoms with Gasteiger partial charge in [-0.05, 0) is 24.3 Å². The average Bonchev–Trinajstić information content (AvgIpc) is 2.39. The number of pyridine rings is 1. The molecule has 5 heteroatoms. The average molecular weight is 242 g/mol. The zero-order valence-electron chi connectivity index (χ0n) is 9.09. The Balaban J connectivity index is 2.71. The summed E-state index contributed by atoms with van der Waals surface area (Å²) in [5, 5.41) is 17.8. The van der Waals surface area contributed by atoms with Gasteiger partial charge < -0.3 is 5.11 Å². The number of carboxylic acid groups (broad SMARTS) is 1. The van der Waals surface area contributed by atoms with Crippen LogP contribution < -0.4 is 0 Å². The van der Waals surface area contributed by atoms with Gasteiger partial charge in [0.15, 0.2) is 0 Å². The third-order valence-corrected chi connectivity index (χ3v) is 2.41. The van der Waals surface area contributed by atoms with Crippen LogP contribution >= 0.6 is 0 Å². The third-order valence-electron chi connectivity index (χ3n) is 2.41. The molecule has 0 spiro atoms. The molecule has 0 saturated carbocycles. The van der Waals surface area contributed by atoms with Crippen LogP contribution in [0, 0.1) is 17.1 Å². The van der Waals surface area contributed by atoms with Gasteiger partial charge >= 0.3 is 5.97 Å². The molecule has 0 bridgehead atoms. The fourth-order valence-electron chi connectivity index (χ4n) is 1.59. The maximum atomic E-state index is 13.9. The monoisotopic (exact) mass is 242 g/mol. The second-order valence-electron chi connectivity index (χ2n) is 3.48. The van der Waals surface area contributed by atoms with Crippen LogP contribution in [0.3, 0.4) is 0 Å². The summed E-state index contributed by atoms with van der Waals surface area (Å²) < 4.78 is 13.9. The standard InChI is InChI=1S/C13H7FN2O2/c14-11-8(7-15)3-1-4-9(11)12-10(13(17)18)5-2-6-16-12/h1-6H,(H,17,18). The summed E-state index contributed by atoms with van der Waals surface area (Å²) in [6.45, 7) is 0. The summed E-state index contributed by atoms with van der Waals surface area (Å²) in [7, 11) is 0. The topological polar surface area (TPSA) is 74.0 Å². The lowest BCUT2D eigenvalue weighted by molar-refractivity contribution is 0.0697. The lowest BCUT2D eigenvalue weighted by Crippen LogP contribution is -2.02. The van der Waals surface area contributed by atoms with E-state index in [0.717, 1.165) is 0 Å². The maximum absolute atomic E-state index is 13.9. The Bertz CT molecular complexity index is 662. The molecule has 4 nitrogen and oxygen atoms in total. The van der Waals surface area contributed by atoms with Crippen molar-refractivity contribution in [2.24, 2.45) is 0 Å². The van der Waals surface area contributed by atoms with Crippen LogP contribution in [0.25, 0.3) is 11.3 Å². The summed E-state index contributed by atoms with van der Waals surface area (Å²) >= 11 is 0. The van der Waals surface area contributed by atoms with Gasteiger partial charge in [0.05, 0.1) is 16.8 Å². The van der Waals surface area contributed by atoms with Crippen molar-refractivity contribution in [1.29, 1.82) is 5.26 Å². The third kappa shape index (κ3) is 1.92. The van der Waals surface area contributed by atoms with Crippen LogP contribution in [-0.2, 0) is 0 Å². The summed E-state index contributed by atoms with van der Waals surface area (Å²) in [4.78, 5) is 14.9. The largest absolute Gasteiger partial charge is 0.478 e. The Morgan fingerprint density at radius 1 is 1.33 bits per heavy atom. The highest BCUT2D eigenvalue weighted by atomic mass is 19.1. The lowest BCUT2D eigenvalue weighted by atomic mass is 10.0. The second-order valence-corrected chi connectivity index (χ2v) is 3.48. The molecule has 0 saturated heterocycles. The summed E-state index contributed by atoms with van der Waals surface area (Å²) in [6.07, 6.45) is 1.38. The Hall–Kier alpha value is -2.74. The van der Waals surface area contributed by atoms with E-state index in [0.29, 0.717) is 0 Å². The SMILES string of the molecule is N#Cc1cccc(-c2ncccc2C(=O)O)c1F. The number of hydrogen-bond acceptors (Lipinski definition) is 3. The molecule has 0 unspecified atom stereocenters. The fourth-order valence-corrected chi connectivity index (χ4v) is 1.59. The number of nitrogens with zero attached hydrogens (tertiary/aromatic N) is 2. The van der Waals surface area contributed by atoms with Crippen molar-refractivity contribution in [2.45, 2.75) is 0 Å². The molecule has 1 heterocycles. The van der Waals surface area contributed by atoms with Crippen LogP contribution in [0.1, 0.15) is 15.9 Å². The minimum Gasteiger partial charge on any atom is -0.478 e. The van der Waals surface area contributed by atoms with Crippen molar-refractivity contribution in [1.82, 2.24) is 4.98 Å². The van der Waals surface area contributed by atoms with E-state index in [4.69, 9.17) is 10.4 Å². The molecule has 0 aliphatic rings. The number of benzene rings is 1. The highest BCUT2D eigenvalue weighted by molar-refractivity contribution is 5.94. The predicted octanol–water partition coefficient (Wildman–Crippen LogP) is 2.46. The second kappa shape index (κ2) is 4.63. The molecule has 0 aliphatic carbocycles. The molecule has 0 amide bonds. The number of aromatic nitrogens is 1. The number of halogens is 1. The molecular formula is C13H7FN2O2. The van der Waals surface area contributed by atoms with Gasteiger partial charge in [-0.2, -0.15) is 5.26 Å². The molecule has 0 radical (unpaired) electrons. The van der Waals surface area contributed by atoms with Gasteiger partial charge in [-0.3, -0.25) is 4.98 Å². The lowest BCUT2D eigenvalue weighted by Gasteiger charge is -2.06. The van der Waals surface area contributed by atoms with Crippen molar-refractivity contribution in [3.63, 3.8) is 0 Å². The van der Waals surface area contributed by atoms with E-state index in [-0.39, 0.29) is 22.4 Å². The van der Waals surface area contributed by atoms with E-state index in [1.807, 2.05) is 0 Å². The van der Waals surface area contributed by atoms with Crippen molar-refractivity contribution < 1.29 is 14.3 Å². The number of nitriles is 1. The van der Waals surface area contributed by atoms with Crippen LogP contribution in [0.2, 0.25) is 0 Å². The fraction of sp³-hybridized carbons (Fsp3) is 0. The highest BCUT2D eigenvalue weighted by Gasteiger charge is 2.17. The summed E-state index contributed by atoms with van der Waals surface area (Å²) in [5.41, 5.74) is -0.229. The number of rotatable bonds is 2. The van der Waals surface area contributed by atoms with E-state index in [1.165, 1.54) is 36.5 Å². The molecule has 1 N–H and O–H groups in total. The summed E-state index contributed by atoms with van der Waals surface area (Å²) in [6, 6.07) is 8.70. The van der Waals surface area contributed by atoms with Crippen molar-refractivity contribution in [2.75, 3.05) is 0 Å². The Kier molecular flexibility index (Phi) is 3.02. The molecule has 0 aliphatic heterocycles. The first-order chi connectivity index (χ1) is 8.65. The van der Waals surface area contributed by atoms with Crippen molar-refractivity contribution in [3.8, 4) is 17.3 Å². The first-order valence-electron chi connectivity index (χ1n) is 5.02. The molecule has 2 rings (SSSR count). The van der Waals surface area contributed by atoms with Crippen LogP contribution in [0.4, 0.5) is 4.39 Å². The Morgan fingerprint density at radius 2 is 2.11 bits per heavy atom. The number of carbonyl (C=O) groups is 1. The van der Waals surface area contributed by atoms with Gasteiger partial charge in [0.2, 0.25) is 0 Å². The van der Waals surface area contributed by atoms with E-state index < -0.39 is 11.8 Å². The normalized spacial score (nSPS) is 9.78. The molecular weight excluding hydrogens is 235 g/mol. The molecule has 88 valence electrons. The van der Waals surface area contributed by atoms with Gasteiger partial charge in [-0.15, -0.1) is 0 Å². The first kappa shape index (κ1) is 11.7. The van der Waals surface area contributed by atoms with E-state index in [9.17, 15) is 9.18 Å². The number of aromatic carboxylic acids is 1. The van der Waals surface area contributed by atoms with Crippen LogP contribution in [-0.4, -0.2) is 16.1 Å². The zero-order valence-corrected chi connectivity index (χ0v) is 9.09. The van der Waals surface area contributed by atoms with E-state index in [1.54, 1.807) is 6.07 Å². The molecule has 0 fully saturated rings. The quantitative estimate of drug-likeness (QED) is 0.877.